The van der Waals surface area contributed by atoms with E-state index in [2.05, 4.69) is 15.6 Å². The highest BCUT2D eigenvalue weighted by molar-refractivity contribution is 6.74. The largest absolute Gasteiger partial charge is 0.456 e. The molecule has 1 aromatic heterocycles. The van der Waals surface area contributed by atoms with Crippen molar-refractivity contribution in [1.82, 2.24) is 20.2 Å². The number of amides is 3. The Labute approximate surface area is 271 Å². The summed E-state index contributed by atoms with van der Waals surface area (Å²) in [4.78, 5) is 65.2. The number of aliphatic hydroxyl groups is 2. The summed E-state index contributed by atoms with van der Waals surface area (Å²) in [5.74, 6) is -2.77. The maximum Gasteiger partial charge on any atom is 0.330 e. The lowest BCUT2D eigenvalue weighted by molar-refractivity contribution is -0.241. The average Bonchev–Trinajstić information content (AvgIpc) is 3.18. The normalized spacial score (nSPS) is 30.8. The maximum atomic E-state index is 13.1. The molecular formula is C29H45N5O12Si. The standard InChI is InChI=1S/C29H45N5O12Si/c1-29(2,3)47(5,6)46-22-19(42-4)20(44-26(22)34-12-10-17(36)33-28(34)41)21(23(30)38)45-27-18(37)15(35)13-16(43-27)25(40)32-14-9-7-8-11-31-24(14)39/h10,12-15,18-22,26-27,35,37H,7-9,11H2,1-6H3,(H2,30,38)(H,31,39)(H,32,40)(H,33,36,41)/t14-,15-,18-,19+,20-,21+,22+,26+,27+/m0/s1. The first-order chi connectivity index (χ1) is 21.9. The van der Waals surface area contributed by atoms with Crippen molar-refractivity contribution < 1.29 is 48.0 Å². The molecule has 0 aromatic carbocycles. The Morgan fingerprint density at radius 1 is 1.17 bits per heavy atom. The van der Waals surface area contributed by atoms with Crippen LogP contribution in [0.2, 0.25) is 18.1 Å². The number of hydrogen-bond donors (Lipinski definition) is 6. The Kier molecular flexibility index (Phi) is 11.2. The fraction of sp³-hybridized carbons (Fsp3) is 0.690. The van der Waals surface area contributed by atoms with Crippen LogP contribution >= 0.6 is 0 Å². The second kappa shape index (κ2) is 14.4. The first-order valence-corrected chi connectivity index (χ1v) is 18.3. The van der Waals surface area contributed by atoms with Gasteiger partial charge in [0.15, 0.2) is 26.4 Å². The van der Waals surface area contributed by atoms with Gasteiger partial charge < -0.3 is 50.0 Å². The zero-order chi connectivity index (χ0) is 34.8. The van der Waals surface area contributed by atoms with Crippen LogP contribution in [0.3, 0.4) is 0 Å². The van der Waals surface area contributed by atoms with Crippen LogP contribution in [-0.2, 0) is 37.8 Å². The van der Waals surface area contributed by atoms with Gasteiger partial charge in [-0.3, -0.25) is 28.7 Å². The highest BCUT2D eigenvalue weighted by Gasteiger charge is 2.56. The predicted octanol–water partition coefficient (Wildman–Crippen LogP) is -1.54. The number of aliphatic hydroxyl groups excluding tert-OH is 2. The van der Waals surface area contributed by atoms with Crippen molar-refractivity contribution in [2.24, 2.45) is 5.73 Å². The molecule has 0 saturated carbocycles. The third-order valence-electron chi connectivity index (χ3n) is 8.98. The first kappa shape index (κ1) is 36.4. The van der Waals surface area contributed by atoms with Gasteiger partial charge in [-0.25, -0.2) is 4.79 Å². The number of rotatable bonds is 10. The van der Waals surface area contributed by atoms with Gasteiger partial charge in [-0.15, -0.1) is 0 Å². The molecule has 4 heterocycles. The van der Waals surface area contributed by atoms with Crippen molar-refractivity contribution in [1.29, 1.82) is 0 Å². The van der Waals surface area contributed by atoms with Crippen molar-refractivity contribution in [3.05, 3.63) is 44.9 Å². The molecule has 2 saturated heterocycles. The Morgan fingerprint density at radius 3 is 2.49 bits per heavy atom. The molecule has 47 heavy (non-hydrogen) atoms. The molecule has 7 N–H and O–H groups in total. The lowest BCUT2D eigenvalue weighted by Crippen LogP contribution is -2.55. The summed E-state index contributed by atoms with van der Waals surface area (Å²) < 4.78 is 31.2. The third kappa shape index (κ3) is 8.02. The van der Waals surface area contributed by atoms with Crippen molar-refractivity contribution in [3.8, 4) is 0 Å². The Morgan fingerprint density at radius 2 is 1.87 bits per heavy atom. The van der Waals surface area contributed by atoms with E-state index in [9.17, 15) is 34.2 Å². The van der Waals surface area contributed by atoms with Gasteiger partial charge in [-0.1, -0.05) is 20.8 Å². The third-order valence-corrected chi connectivity index (χ3v) is 13.5. The minimum Gasteiger partial charge on any atom is -0.456 e. The predicted molar refractivity (Wildman–Crippen MR) is 166 cm³/mol. The van der Waals surface area contributed by atoms with Crippen LogP contribution in [0.4, 0.5) is 0 Å². The van der Waals surface area contributed by atoms with Crippen LogP contribution in [0, 0.1) is 0 Å². The topological polar surface area (TPSA) is 243 Å². The van der Waals surface area contributed by atoms with Gasteiger partial charge in [0.2, 0.25) is 18.1 Å². The van der Waals surface area contributed by atoms with Crippen LogP contribution < -0.4 is 27.6 Å². The number of aromatic nitrogens is 2. The molecule has 0 unspecified atom stereocenters. The minimum atomic E-state index is -2.62. The van der Waals surface area contributed by atoms with Gasteiger partial charge >= 0.3 is 5.69 Å². The molecule has 2 fully saturated rings. The highest BCUT2D eigenvalue weighted by Crippen LogP contribution is 2.43. The summed E-state index contributed by atoms with van der Waals surface area (Å²) in [6, 6.07) is 0.271. The summed E-state index contributed by atoms with van der Waals surface area (Å²) >= 11 is 0. The summed E-state index contributed by atoms with van der Waals surface area (Å²) in [6.07, 6.45) is -7.73. The van der Waals surface area contributed by atoms with Gasteiger partial charge in [0.1, 0.15) is 36.6 Å². The molecule has 9 atom stereocenters. The number of carbonyl (C=O) groups excluding carboxylic acids is 3. The van der Waals surface area contributed by atoms with Crippen LogP contribution in [0.25, 0.3) is 0 Å². The SMILES string of the molecule is CO[C@H]1[C@@H](O[Si](C)(C)C(C)(C)C)[C@H](n2ccc(=O)[nH]c2=O)O[C@@H]1[C@@H](O[C@H]1OC(C(=O)N[C@H]2CCCCNC2=O)=C[C@H](O)[C@@H]1O)C(N)=O. The van der Waals surface area contributed by atoms with Gasteiger partial charge in [0.25, 0.3) is 11.5 Å². The molecule has 3 aliphatic heterocycles. The van der Waals surface area contributed by atoms with Crippen molar-refractivity contribution in [2.75, 3.05) is 13.7 Å². The van der Waals surface area contributed by atoms with E-state index in [0.717, 1.165) is 23.1 Å². The summed E-state index contributed by atoms with van der Waals surface area (Å²) in [7, 11) is -1.28. The molecule has 0 bridgehead atoms. The number of primary amides is 1. The van der Waals surface area contributed by atoms with E-state index in [0.29, 0.717) is 19.4 Å². The molecule has 0 radical (unpaired) electrons. The number of nitrogens with zero attached hydrogens (tertiary/aromatic N) is 1. The molecule has 262 valence electrons. The summed E-state index contributed by atoms with van der Waals surface area (Å²) in [5, 5.41) is 26.3. The maximum absolute atomic E-state index is 13.1. The molecule has 0 spiro atoms. The molecule has 18 heteroatoms. The Balaban J connectivity index is 1.63. The van der Waals surface area contributed by atoms with Crippen molar-refractivity contribution >= 4 is 26.0 Å². The number of H-pyrrole nitrogens is 1. The smallest absolute Gasteiger partial charge is 0.330 e. The van der Waals surface area contributed by atoms with Crippen molar-refractivity contribution in [3.63, 3.8) is 0 Å². The molecule has 0 aliphatic carbocycles. The fourth-order valence-corrected chi connectivity index (χ4v) is 6.60. The van der Waals surface area contributed by atoms with Crippen LogP contribution in [-0.4, -0.2) is 108 Å². The van der Waals surface area contributed by atoms with E-state index in [-0.39, 0.29) is 10.9 Å². The second-order valence-corrected chi connectivity index (χ2v) is 18.1. The van der Waals surface area contributed by atoms with Crippen LogP contribution in [0.15, 0.2) is 33.7 Å². The van der Waals surface area contributed by atoms with Crippen molar-refractivity contribution in [2.45, 2.75) is 113 Å². The van der Waals surface area contributed by atoms with E-state index in [1.54, 1.807) is 0 Å². The van der Waals surface area contributed by atoms with E-state index >= 15 is 0 Å². The zero-order valence-electron chi connectivity index (χ0n) is 27.3. The molecular weight excluding hydrogens is 638 g/mol. The Hall–Kier alpha value is -3.39. The van der Waals surface area contributed by atoms with Crippen LogP contribution in [0.5, 0.6) is 0 Å². The number of hydrogen-bond acceptors (Lipinski definition) is 12. The van der Waals surface area contributed by atoms with E-state index in [4.69, 9.17) is 29.1 Å². The fourth-order valence-electron chi connectivity index (χ4n) is 5.31. The summed E-state index contributed by atoms with van der Waals surface area (Å²) in [6.45, 7) is 10.4. The first-order valence-electron chi connectivity index (χ1n) is 15.4. The lowest BCUT2D eigenvalue weighted by atomic mass is 10.0. The Bertz CT molecular complexity index is 1470. The van der Waals surface area contributed by atoms with Gasteiger partial charge in [0, 0.05) is 25.9 Å². The van der Waals surface area contributed by atoms with Gasteiger partial charge in [-0.2, -0.15) is 0 Å². The molecule has 17 nitrogen and oxygen atoms in total. The number of carbonyl (C=O) groups is 3. The minimum absolute atomic E-state index is 0.305. The number of ether oxygens (including phenoxy) is 4. The summed E-state index contributed by atoms with van der Waals surface area (Å²) in [5.41, 5.74) is 4.32. The number of nitrogens with two attached hydrogens (primary N) is 1. The van der Waals surface area contributed by atoms with Crippen LogP contribution in [0.1, 0.15) is 46.3 Å². The molecule has 4 rings (SSSR count). The second-order valence-electron chi connectivity index (χ2n) is 13.3. The van der Waals surface area contributed by atoms with E-state index < -0.39 is 92.3 Å². The quantitative estimate of drug-likeness (QED) is 0.154. The van der Waals surface area contributed by atoms with Gasteiger partial charge in [-0.05, 0) is 43.5 Å². The number of nitrogens with one attached hydrogen (secondary N) is 3. The molecule has 3 aliphatic rings. The molecule has 3 amide bonds. The number of aromatic amines is 1. The molecule has 1 aromatic rings. The van der Waals surface area contributed by atoms with E-state index in [1.165, 1.54) is 13.3 Å². The highest BCUT2D eigenvalue weighted by atomic mass is 28.4. The average molecular weight is 684 g/mol. The lowest BCUT2D eigenvalue weighted by Gasteiger charge is -2.40. The van der Waals surface area contributed by atoms with Gasteiger partial charge in [0.05, 0.1) is 0 Å². The monoisotopic (exact) mass is 683 g/mol. The zero-order valence-corrected chi connectivity index (χ0v) is 28.3. The van der Waals surface area contributed by atoms with E-state index in [1.807, 2.05) is 33.9 Å². The number of methoxy groups -OCH3 is 1.